The van der Waals surface area contributed by atoms with Crippen molar-refractivity contribution >= 4 is 17.5 Å². The third kappa shape index (κ3) is 4.79. The van der Waals surface area contributed by atoms with E-state index < -0.39 is 0 Å². The largest absolute Gasteiger partial charge is 0.374 e. The third-order valence-electron chi connectivity index (χ3n) is 4.30. The molecular formula is C18H27N3O2. The van der Waals surface area contributed by atoms with Gasteiger partial charge in [0, 0.05) is 12.1 Å². The Morgan fingerprint density at radius 2 is 1.65 bits per heavy atom. The molecule has 2 aliphatic heterocycles. The highest BCUT2D eigenvalue weighted by Gasteiger charge is 2.26. The van der Waals surface area contributed by atoms with Gasteiger partial charge in [0.2, 0.25) is 11.8 Å². The molecule has 1 atom stereocenters. The van der Waals surface area contributed by atoms with E-state index in [0.717, 1.165) is 18.8 Å². The topological polar surface area (TPSA) is 70.2 Å². The number of piperidine rings is 2. The lowest BCUT2D eigenvalue weighted by atomic mass is 9.90. The Morgan fingerprint density at radius 1 is 1.00 bits per heavy atom. The average Bonchev–Trinajstić information content (AvgIpc) is 2.61. The van der Waals surface area contributed by atoms with Crippen LogP contribution in [-0.2, 0) is 9.59 Å². The summed E-state index contributed by atoms with van der Waals surface area (Å²) in [7, 11) is 0. The van der Waals surface area contributed by atoms with Gasteiger partial charge in [0.15, 0.2) is 0 Å². The lowest BCUT2D eigenvalue weighted by molar-refractivity contribution is -0.133. The van der Waals surface area contributed by atoms with E-state index in [0.29, 0.717) is 18.8 Å². The molecular weight excluding hydrogens is 290 g/mol. The fraction of sp³-hybridized carbons (Fsp3) is 0.556. The van der Waals surface area contributed by atoms with Gasteiger partial charge in [-0.15, -0.1) is 0 Å². The van der Waals surface area contributed by atoms with Crippen LogP contribution in [0.1, 0.15) is 51.0 Å². The maximum absolute atomic E-state index is 11.7. The number of carbonyl (C=O) groups excluding carboxylic acids is 2. The summed E-state index contributed by atoms with van der Waals surface area (Å²) in [6.45, 7) is 6.17. The predicted octanol–water partition coefficient (Wildman–Crippen LogP) is 2.40. The molecule has 1 aromatic carbocycles. The zero-order chi connectivity index (χ0) is 16.7. The minimum absolute atomic E-state index is 0.181. The smallest absolute Gasteiger partial charge is 0.249 e. The second-order valence-corrected chi connectivity index (χ2v) is 5.79. The predicted molar refractivity (Wildman–Crippen MR) is 92.4 cm³/mol. The summed E-state index contributed by atoms with van der Waals surface area (Å²) in [6, 6.07) is 8.03. The molecule has 0 radical (unpaired) electrons. The van der Waals surface area contributed by atoms with E-state index >= 15 is 0 Å². The Kier molecular flexibility index (Phi) is 6.59. The summed E-state index contributed by atoms with van der Waals surface area (Å²) < 4.78 is 0. The molecule has 0 bridgehead atoms. The Bertz CT molecular complexity index is 522. The molecule has 5 nitrogen and oxygen atoms in total. The van der Waals surface area contributed by atoms with Crippen molar-refractivity contribution in [2.24, 2.45) is 0 Å². The number of hydrogen-bond donors (Lipinski definition) is 3. The number of rotatable bonds is 3. The number of carbonyl (C=O) groups is 2. The summed E-state index contributed by atoms with van der Waals surface area (Å²) in [5.41, 5.74) is 2.30. The average molecular weight is 317 g/mol. The van der Waals surface area contributed by atoms with Crippen LogP contribution in [0.2, 0.25) is 0 Å². The lowest BCUT2D eigenvalue weighted by Gasteiger charge is -2.24. The molecule has 0 aliphatic carbocycles. The van der Waals surface area contributed by atoms with Crippen LogP contribution in [0.25, 0.3) is 0 Å². The van der Waals surface area contributed by atoms with Crippen molar-refractivity contribution in [2.45, 2.75) is 51.5 Å². The Labute approximate surface area is 138 Å². The SMILES string of the molecule is CC.O=C1CCC(Nc2ccc(C3CCNCC3)cc2)C(=O)N1. The van der Waals surface area contributed by atoms with Gasteiger partial charge in [0.1, 0.15) is 6.04 Å². The van der Waals surface area contributed by atoms with Gasteiger partial charge in [0.05, 0.1) is 0 Å². The molecule has 0 aromatic heterocycles. The molecule has 3 rings (SSSR count). The fourth-order valence-corrected chi connectivity index (χ4v) is 3.04. The summed E-state index contributed by atoms with van der Waals surface area (Å²) in [5.74, 6) is 0.226. The van der Waals surface area contributed by atoms with E-state index in [1.807, 2.05) is 26.0 Å². The summed E-state index contributed by atoms with van der Waals surface area (Å²) in [6.07, 6.45) is 3.32. The normalized spacial score (nSPS) is 21.9. The Balaban J connectivity index is 0.000000924. The van der Waals surface area contributed by atoms with Gasteiger partial charge in [0.25, 0.3) is 0 Å². The molecule has 2 amide bonds. The summed E-state index contributed by atoms with van der Waals surface area (Å²) >= 11 is 0. The summed E-state index contributed by atoms with van der Waals surface area (Å²) in [5, 5.41) is 8.94. The first-order chi connectivity index (χ1) is 11.2. The Morgan fingerprint density at radius 3 is 2.26 bits per heavy atom. The van der Waals surface area contributed by atoms with Crippen LogP contribution in [-0.4, -0.2) is 30.9 Å². The standard InChI is InChI=1S/C16H21N3O2.C2H6/c20-15-6-5-14(16(21)19-15)18-13-3-1-11(2-4-13)12-7-9-17-10-8-12;1-2/h1-4,12,14,17-18H,5-10H2,(H,19,20,21);1-2H3. The molecule has 0 saturated carbocycles. The van der Waals surface area contributed by atoms with Gasteiger partial charge in [-0.1, -0.05) is 26.0 Å². The zero-order valence-electron chi connectivity index (χ0n) is 14.0. The van der Waals surface area contributed by atoms with Crippen molar-refractivity contribution < 1.29 is 9.59 Å². The van der Waals surface area contributed by atoms with Crippen LogP contribution in [0.15, 0.2) is 24.3 Å². The van der Waals surface area contributed by atoms with Crippen LogP contribution in [0, 0.1) is 0 Å². The van der Waals surface area contributed by atoms with E-state index in [9.17, 15) is 9.59 Å². The van der Waals surface area contributed by atoms with Crippen LogP contribution in [0.3, 0.4) is 0 Å². The van der Waals surface area contributed by atoms with Crippen molar-refractivity contribution in [2.75, 3.05) is 18.4 Å². The maximum atomic E-state index is 11.7. The van der Waals surface area contributed by atoms with Gasteiger partial charge < -0.3 is 10.6 Å². The lowest BCUT2D eigenvalue weighted by Crippen LogP contribution is -2.47. The molecule has 1 aromatic rings. The van der Waals surface area contributed by atoms with Crippen molar-refractivity contribution in [1.29, 1.82) is 0 Å². The first kappa shape index (κ1) is 17.5. The number of benzene rings is 1. The Hall–Kier alpha value is -1.88. The number of nitrogens with one attached hydrogen (secondary N) is 3. The monoisotopic (exact) mass is 317 g/mol. The minimum Gasteiger partial charge on any atom is -0.374 e. The molecule has 0 spiro atoms. The molecule has 1 unspecified atom stereocenters. The molecule has 2 fully saturated rings. The van der Waals surface area contributed by atoms with Gasteiger partial charge in [-0.25, -0.2) is 0 Å². The number of anilines is 1. The summed E-state index contributed by atoms with van der Waals surface area (Å²) in [4.78, 5) is 22.8. The maximum Gasteiger partial charge on any atom is 0.249 e. The van der Waals surface area contributed by atoms with E-state index in [1.165, 1.54) is 18.4 Å². The van der Waals surface area contributed by atoms with E-state index in [4.69, 9.17) is 0 Å². The van der Waals surface area contributed by atoms with Crippen molar-refractivity contribution in [3.05, 3.63) is 29.8 Å². The second-order valence-electron chi connectivity index (χ2n) is 5.79. The molecule has 5 heteroatoms. The van der Waals surface area contributed by atoms with Gasteiger partial charge >= 0.3 is 0 Å². The first-order valence-corrected chi connectivity index (χ1v) is 8.63. The number of amides is 2. The van der Waals surface area contributed by atoms with E-state index in [-0.39, 0.29) is 17.9 Å². The highest BCUT2D eigenvalue weighted by molar-refractivity contribution is 6.01. The first-order valence-electron chi connectivity index (χ1n) is 8.63. The van der Waals surface area contributed by atoms with Gasteiger partial charge in [-0.2, -0.15) is 0 Å². The van der Waals surface area contributed by atoms with Crippen LogP contribution in [0.5, 0.6) is 0 Å². The van der Waals surface area contributed by atoms with Gasteiger partial charge in [-0.3, -0.25) is 14.9 Å². The van der Waals surface area contributed by atoms with Crippen LogP contribution >= 0.6 is 0 Å². The van der Waals surface area contributed by atoms with Crippen molar-refractivity contribution in [1.82, 2.24) is 10.6 Å². The fourth-order valence-electron chi connectivity index (χ4n) is 3.04. The molecule has 2 aliphatic rings. The van der Waals surface area contributed by atoms with E-state index in [1.54, 1.807) is 0 Å². The quantitative estimate of drug-likeness (QED) is 0.749. The molecule has 126 valence electrons. The highest BCUT2D eigenvalue weighted by Crippen LogP contribution is 2.26. The number of hydrogen-bond acceptors (Lipinski definition) is 4. The second kappa shape index (κ2) is 8.67. The van der Waals surface area contributed by atoms with Crippen LogP contribution in [0.4, 0.5) is 5.69 Å². The van der Waals surface area contributed by atoms with Crippen LogP contribution < -0.4 is 16.0 Å². The zero-order valence-corrected chi connectivity index (χ0v) is 14.0. The van der Waals surface area contributed by atoms with Gasteiger partial charge in [-0.05, 0) is 56.0 Å². The number of imide groups is 1. The molecule has 2 saturated heterocycles. The minimum atomic E-state index is -0.313. The molecule has 23 heavy (non-hydrogen) atoms. The molecule has 2 heterocycles. The van der Waals surface area contributed by atoms with Crippen molar-refractivity contribution in [3.8, 4) is 0 Å². The van der Waals surface area contributed by atoms with E-state index in [2.05, 4.69) is 28.1 Å². The molecule has 3 N–H and O–H groups in total. The van der Waals surface area contributed by atoms with Crippen molar-refractivity contribution in [3.63, 3.8) is 0 Å². The third-order valence-corrected chi connectivity index (χ3v) is 4.30. The highest BCUT2D eigenvalue weighted by atomic mass is 16.2.